The van der Waals surface area contributed by atoms with Gasteiger partial charge >= 0.3 is 6.03 Å². The van der Waals surface area contributed by atoms with Gasteiger partial charge < -0.3 is 18.9 Å². The summed E-state index contributed by atoms with van der Waals surface area (Å²) < 4.78 is 49.6. The number of carbonyl (C=O) groups is 1. The molecule has 1 aromatic carbocycles. The van der Waals surface area contributed by atoms with E-state index >= 15 is 0 Å². The highest BCUT2D eigenvalue weighted by Crippen LogP contribution is 2.32. The number of halogens is 2. The highest BCUT2D eigenvalue weighted by molar-refractivity contribution is 6.00. The van der Waals surface area contributed by atoms with Gasteiger partial charge in [0.2, 0.25) is 12.2 Å². The SMILES string of the molecule is COc1cc(OC)c(F)c(C=Cc2cnc(NC(=O)N3CCCc4ccc(C(OC)OC)nc43)nc2)c1F. The number of ether oxygens (including phenoxy) is 4. The Morgan fingerprint density at radius 2 is 1.68 bits per heavy atom. The van der Waals surface area contributed by atoms with Crippen molar-refractivity contribution in [3.8, 4) is 11.5 Å². The molecule has 0 radical (unpaired) electrons. The molecular weight excluding hydrogens is 500 g/mol. The fourth-order valence-corrected chi connectivity index (χ4v) is 4.00. The van der Waals surface area contributed by atoms with Crippen LogP contribution in [0.3, 0.4) is 0 Å². The summed E-state index contributed by atoms with van der Waals surface area (Å²) in [6, 6.07) is 4.40. The highest BCUT2D eigenvalue weighted by atomic mass is 19.1. The highest BCUT2D eigenvalue weighted by Gasteiger charge is 2.26. The van der Waals surface area contributed by atoms with Crippen molar-refractivity contribution in [2.24, 2.45) is 0 Å². The maximum absolute atomic E-state index is 14.6. The van der Waals surface area contributed by atoms with E-state index in [2.05, 4.69) is 20.3 Å². The lowest BCUT2D eigenvalue weighted by molar-refractivity contribution is -0.108. The van der Waals surface area contributed by atoms with E-state index < -0.39 is 24.0 Å². The number of fused-ring (bicyclic) bond motifs is 1. The van der Waals surface area contributed by atoms with Gasteiger partial charge in [-0.2, -0.15) is 0 Å². The molecule has 0 aliphatic carbocycles. The summed E-state index contributed by atoms with van der Waals surface area (Å²) in [6.45, 7) is 0.460. The minimum atomic E-state index is -0.868. The number of aryl methyl sites for hydroxylation is 1. The van der Waals surface area contributed by atoms with Crippen LogP contribution < -0.4 is 19.7 Å². The Morgan fingerprint density at radius 3 is 2.29 bits per heavy atom. The number of nitrogens with one attached hydrogen (secondary N) is 1. The first-order valence-electron chi connectivity index (χ1n) is 11.6. The Morgan fingerprint density at radius 1 is 1.03 bits per heavy atom. The topological polar surface area (TPSA) is 108 Å². The normalized spacial score (nSPS) is 13.1. The minimum Gasteiger partial charge on any atom is -0.494 e. The van der Waals surface area contributed by atoms with Gasteiger partial charge in [-0.3, -0.25) is 10.2 Å². The molecule has 0 unspecified atom stereocenters. The molecule has 1 aliphatic heterocycles. The monoisotopic (exact) mass is 527 g/mol. The molecule has 0 saturated heterocycles. The van der Waals surface area contributed by atoms with Crippen LogP contribution in [0.2, 0.25) is 0 Å². The molecule has 0 bridgehead atoms. The summed E-state index contributed by atoms with van der Waals surface area (Å²) in [5.74, 6) is -1.47. The van der Waals surface area contributed by atoms with Crippen molar-refractivity contribution in [1.82, 2.24) is 15.0 Å². The van der Waals surface area contributed by atoms with Crippen molar-refractivity contribution in [1.29, 1.82) is 0 Å². The van der Waals surface area contributed by atoms with Crippen LogP contribution in [-0.4, -0.2) is 56.0 Å². The molecule has 0 saturated carbocycles. The van der Waals surface area contributed by atoms with Crippen molar-refractivity contribution in [2.75, 3.05) is 45.2 Å². The molecule has 12 heteroatoms. The molecule has 0 fully saturated rings. The lowest BCUT2D eigenvalue weighted by atomic mass is 10.1. The number of methoxy groups -OCH3 is 4. The zero-order chi connectivity index (χ0) is 27.2. The zero-order valence-corrected chi connectivity index (χ0v) is 21.3. The molecule has 2 amide bonds. The average Bonchev–Trinajstić information content (AvgIpc) is 2.94. The summed E-state index contributed by atoms with van der Waals surface area (Å²) in [4.78, 5) is 27.5. The second-order valence-corrected chi connectivity index (χ2v) is 8.20. The van der Waals surface area contributed by atoms with Gasteiger partial charge in [0.05, 0.1) is 25.5 Å². The second-order valence-electron chi connectivity index (χ2n) is 8.20. The molecule has 10 nitrogen and oxygen atoms in total. The van der Waals surface area contributed by atoms with E-state index in [0.717, 1.165) is 24.5 Å². The molecule has 38 heavy (non-hydrogen) atoms. The third-order valence-electron chi connectivity index (χ3n) is 5.92. The summed E-state index contributed by atoms with van der Waals surface area (Å²) in [5.41, 5.74) is 1.58. The van der Waals surface area contributed by atoms with Crippen molar-refractivity contribution >= 4 is 29.9 Å². The Hall–Kier alpha value is -4.16. The zero-order valence-electron chi connectivity index (χ0n) is 21.3. The van der Waals surface area contributed by atoms with Gasteiger partial charge in [0, 0.05) is 44.8 Å². The van der Waals surface area contributed by atoms with Crippen LogP contribution in [0.4, 0.5) is 25.3 Å². The van der Waals surface area contributed by atoms with Gasteiger partial charge in [-0.1, -0.05) is 12.1 Å². The van der Waals surface area contributed by atoms with Crippen LogP contribution in [-0.2, 0) is 15.9 Å². The van der Waals surface area contributed by atoms with Crippen molar-refractivity contribution in [2.45, 2.75) is 19.1 Å². The van der Waals surface area contributed by atoms with Crippen molar-refractivity contribution < 1.29 is 32.5 Å². The third-order valence-corrected chi connectivity index (χ3v) is 5.92. The molecule has 2 aromatic heterocycles. The fourth-order valence-electron chi connectivity index (χ4n) is 4.00. The molecule has 0 spiro atoms. The Kier molecular flexibility index (Phi) is 8.44. The molecule has 1 aliphatic rings. The van der Waals surface area contributed by atoms with E-state index in [1.54, 1.807) is 0 Å². The maximum atomic E-state index is 14.6. The van der Waals surface area contributed by atoms with Crippen LogP contribution in [0.5, 0.6) is 11.5 Å². The number of urea groups is 1. The van der Waals surface area contributed by atoms with Gasteiger partial charge in [-0.25, -0.2) is 28.5 Å². The van der Waals surface area contributed by atoms with Gasteiger partial charge in [0.1, 0.15) is 5.82 Å². The molecule has 0 atom stereocenters. The summed E-state index contributed by atoms with van der Waals surface area (Å²) >= 11 is 0. The number of nitrogens with zero attached hydrogens (tertiary/aromatic N) is 4. The van der Waals surface area contributed by atoms with Gasteiger partial charge in [0.15, 0.2) is 23.1 Å². The maximum Gasteiger partial charge on any atom is 0.329 e. The van der Waals surface area contributed by atoms with Gasteiger partial charge in [0.25, 0.3) is 0 Å². The first-order valence-corrected chi connectivity index (χ1v) is 11.6. The van der Waals surface area contributed by atoms with Crippen molar-refractivity contribution in [3.63, 3.8) is 0 Å². The Bertz CT molecular complexity index is 1300. The number of carbonyl (C=O) groups excluding carboxylic acids is 1. The standard InChI is InChI=1S/C26H27F2N5O5/c1-35-19-12-20(36-2)22(28)17(21(19)27)9-7-15-13-29-25(30-14-15)32-26(34)33-11-5-6-16-8-10-18(31-23(16)33)24(37-3)38-4/h7-10,12-14,24H,5-6,11H2,1-4H3,(H,29,30,32,34). The van der Waals surface area contributed by atoms with Crippen LogP contribution in [0.15, 0.2) is 30.6 Å². The van der Waals surface area contributed by atoms with Crippen LogP contribution in [0, 0.1) is 11.6 Å². The van der Waals surface area contributed by atoms with E-state index in [9.17, 15) is 13.6 Å². The van der Waals surface area contributed by atoms with E-state index in [1.165, 1.54) is 57.9 Å². The summed E-state index contributed by atoms with van der Waals surface area (Å²) in [7, 11) is 5.57. The number of rotatable bonds is 8. The van der Waals surface area contributed by atoms with E-state index in [-0.39, 0.29) is 23.0 Å². The van der Waals surface area contributed by atoms with Gasteiger partial charge in [-0.15, -0.1) is 0 Å². The van der Waals surface area contributed by atoms with E-state index in [4.69, 9.17) is 18.9 Å². The first-order chi connectivity index (χ1) is 18.4. The molecule has 3 heterocycles. The number of hydrogen-bond acceptors (Lipinski definition) is 8. The molecule has 200 valence electrons. The van der Waals surface area contributed by atoms with Crippen LogP contribution in [0.25, 0.3) is 12.2 Å². The average molecular weight is 528 g/mol. The van der Waals surface area contributed by atoms with E-state index in [0.29, 0.717) is 23.6 Å². The Balaban J connectivity index is 1.50. The predicted octanol–water partition coefficient (Wildman–Crippen LogP) is 4.61. The first kappa shape index (κ1) is 26.9. The minimum absolute atomic E-state index is 0.0579. The van der Waals surface area contributed by atoms with Crippen molar-refractivity contribution in [3.05, 3.63) is 64.6 Å². The molecule has 3 aromatic rings. The second kappa shape index (κ2) is 11.9. The fraction of sp³-hybridized carbons (Fsp3) is 0.308. The largest absolute Gasteiger partial charge is 0.494 e. The lowest BCUT2D eigenvalue weighted by Gasteiger charge is -2.29. The lowest BCUT2D eigenvalue weighted by Crippen LogP contribution is -2.40. The number of benzene rings is 1. The number of hydrogen-bond donors (Lipinski definition) is 1. The third kappa shape index (κ3) is 5.55. The predicted molar refractivity (Wildman–Crippen MR) is 136 cm³/mol. The number of amides is 2. The number of pyridine rings is 1. The number of anilines is 2. The van der Waals surface area contributed by atoms with Gasteiger partial charge in [-0.05, 0) is 30.5 Å². The number of aromatic nitrogens is 3. The van der Waals surface area contributed by atoms with E-state index in [1.807, 2.05) is 12.1 Å². The molecule has 4 rings (SSSR count). The molecule has 1 N–H and O–H groups in total. The summed E-state index contributed by atoms with van der Waals surface area (Å²) in [6.07, 6.45) is 6.38. The summed E-state index contributed by atoms with van der Waals surface area (Å²) in [5, 5.41) is 2.66. The quantitative estimate of drug-likeness (QED) is 0.423. The van der Waals surface area contributed by atoms with Crippen LogP contribution in [0.1, 0.15) is 35.1 Å². The smallest absolute Gasteiger partial charge is 0.329 e. The Labute approximate surface area is 218 Å². The molecular formula is C26H27F2N5O5. The van der Waals surface area contributed by atoms with Crippen LogP contribution >= 0.6 is 0 Å².